The number of amides is 1. The number of ether oxygens (including phenoxy) is 1. The molecule has 2 aliphatic rings. The molecule has 2 aliphatic heterocycles. The van der Waals surface area contributed by atoms with E-state index in [1.165, 1.54) is 0 Å². The molecule has 3 heterocycles. The Bertz CT molecular complexity index is 982. The normalized spacial score (nSPS) is 19.3. The number of H-pyrrole nitrogens is 1. The first-order valence-electron chi connectivity index (χ1n) is 9.72. The molecule has 1 atom stereocenters. The molecule has 0 saturated carbocycles. The number of hydrogen-bond donors (Lipinski definition) is 2. The van der Waals surface area contributed by atoms with Gasteiger partial charge in [0.1, 0.15) is 5.82 Å². The van der Waals surface area contributed by atoms with Gasteiger partial charge in [-0.05, 0) is 49.5 Å². The van der Waals surface area contributed by atoms with Crippen molar-refractivity contribution in [1.29, 1.82) is 0 Å². The van der Waals surface area contributed by atoms with Gasteiger partial charge in [-0.3, -0.25) is 4.79 Å². The summed E-state index contributed by atoms with van der Waals surface area (Å²) in [4.78, 5) is 15.4. The van der Waals surface area contributed by atoms with Crippen molar-refractivity contribution in [2.24, 2.45) is 5.92 Å². The van der Waals surface area contributed by atoms with Crippen molar-refractivity contribution in [2.45, 2.75) is 38.1 Å². The standard InChI is InChI=1S/C20H22F3N3O2S/c21-13-1-2-14(22)19(23)18(13)12-7-16-15(25-20(29)26(16)10-12)8-17(27)24-9-11-3-5-28-6-4-11/h1-2,11-12H,3-10H2,(H,24,27)(H,25,29). The first-order chi connectivity index (χ1) is 13.9. The van der Waals surface area contributed by atoms with Gasteiger partial charge in [0.2, 0.25) is 5.91 Å². The van der Waals surface area contributed by atoms with E-state index >= 15 is 0 Å². The number of nitrogens with one attached hydrogen (secondary N) is 2. The van der Waals surface area contributed by atoms with Crippen LogP contribution in [-0.2, 0) is 28.9 Å². The fourth-order valence-electron chi connectivity index (χ4n) is 4.19. The highest BCUT2D eigenvalue weighted by Crippen LogP contribution is 2.35. The lowest BCUT2D eigenvalue weighted by molar-refractivity contribution is -0.120. The van der Waals surface area contributed by atoms with E-state index in [1.54, 1.807) is 4.57 Å². The molecule has 0 bridgehead atoms. The molecular formula is C20H22F3N3O2S. The van der Waals surface area contributed by atoms with E-state index in [4.69, 9.17) is 17.0 Å². The molecule has 1 unspecified atom stereocenters. The maximum atomic E-state index is 14.2. The average Bonchev–Trinajstić information content (AvgIpc) is 3.25. The molecule has 1 amide bonds. The zero-order valence-electron chi connectivity index (χ0n) is 15.8. The van der Waals surface area contributed by atoms with E-state index in [1.807, 2.05) is 0 Å². The van der Waals surface area contributed by atoms with Gasteiger partial charge < -0.3 is 19.6 Å². The van der Waals surface area contributed by atoms with Gasteiger partial charge in [-0.1, -0.05) is 0 Å². The number of fused-ring (bicyclic) bond motifs is 1. The number of rotatable bonds is 5. The van der Waals surface area contributed by atoms with Crippen molar-refractivity contribution in [2.75, 3.05) is 19.8 Å². The average molecular weight is 425 g/mol. The number of hydrogen-bond acceptors (Lipinski definition) is 3. The monoisotopic (exact) mass is 425 g/mol. The third kappa shape index (κ3) is 4.11. The minimum Gasteiger partial charge on any atom is -0.381 e. The zero-order chi connectivity index (χ0) is 20.5. The molecule has 2 N–H and O–H groups in total. The molecule has 5 nitrogen and oxygen atoms in total. The Labute approximate surface area is 171 Å². The molecule has 9 heteroatoms. The lowest BCUT2D eigenvalue weighted by Crippen LogP contribution is -2.33. The Morgan fingerprint density at radius 3 is 2.72 bits per heavy atom. The summed E-state index contributed by atoms with van der Waals surface area (Å²) in [5, 5.41) is 2.94. The summed E-state index contributed by atoms with van der Waals surface area (Å²) in [6, 6.07) is 1.72. The van der Waals surface area contributed by atoms with Crippen LogP contribution < -0.4 is 5.32 Å². The highest BCUT2D eigenvalue weighted by Gasteiger charge is 2.32. The molecule has 1 aromatic carbocycles. The van der Waals surface area contributed by atoms with Crippen LogP contribution in [0.25, 0.3) is 0 Å². The zero-order valence-corrected chi connectivity index (χ0v) is 16.6. The Balaban J connectivity index is 1.46. The van der Waals surface area contributed by atoms with Crippen LogP contribution in [0.1, 0.15) is 35.7 Å². The molecule has 1 fully saturated rings. The lowest BCUT2D eigenvalue weighted by atomic mass is 9.95. The molecule has 1 aromatic heterocycles. The first kappa shape index (κ1) is 20.2. The summed E-state index contributed by atoms with van der Waals surface area (Å²) in [5.74, 6) is -3.30. The number of carbonyl (C=O) groups is 1. The third-order valence-electron chi connectivity index (χ3n) is 5.77. The number of halogens is 3. The Kier molecular flexibility index (Phi) is 5.78. The molecule has 0 aliphatic carbocycles. The minimum absolute atomic E-state index is 0.107. The van der Waals surface area contributed by atoms with Gasteiger partial charge in [0.25, 0.3) is 0 Å². The van der Waals surface area contributed by atoms with Crippen LogP contribution in [-0.4, -0.2) is 35.2 Å². The number of benzene rings is 1. The number of aromatic nitrogens is 2. The van der Waals surface area contributed by atoms with Crippen molar-refractivity contribution in [3.63, 3.8) is 0 Å². The summed E-state index contributed by atoms with van der Waals surface area (Å²) in [6.45, 7) is 2.28. The van der Waals surface area contributed by atoms with Gasteiger partial charge in [-0.15, -0.1) is 0 Å². The van der Waals surface area contributed by atoms with Crippen LogP contribution in [0.4, 0.5) is 13.2 Å². The molecule has 0 spiro atoms. The van der Waals surface area contributed by atoms with E-state index in [9.17, 15) is 18.0 Å². The largest absolute Gasteiger partial charge is 0.381 e. The summed E-state index contributed by atoms with van der Waals surface area (Å²) < 4.78 is 49.4. The summed E-state index contributed by atoms with van der Waals surface area (Å²) >= 11 is 5.31. The second-order valence-electron chi connectivity index (χ2n) is 7.66. The van der Waals surface area contributed by atoms with Gasteiger partial charge in [-0.2, -0.15) is 0 Å². The van der Waals surface area contributed by atoms with E-state index in [2.05, 4.69) is 10.3 Å². The Hall–Kier alpha value is -2.13. The first-order valence-corrected chi connectivity index (χ1v) is 10.1. The fourth-order valence-corrected chi connectivity index (χ4v) is 4.50. The highest BCUT2D eigenvalue weighted by molar-refractivity contribution is 7.71. The molecule has 156 valence electrons. The minimum atomic E-state index is -1.16. The predicted molar refractivity (Wildman–Crippen MR) is 103 cm³/mol. The van der Waals surface area contributed by atoms with Crippen molar-refractivity contribution in [3.05, 3.63) is 51.3 Å². The van der Waals surface area contributed by atoms with Gasteiger partial charge in [-0.25, -0.2) is 13.2 Å². The SMILES string of the molecule is O=C(Cc1[nH]c(=S)n2c1CC(c1c(F)ccc(F)c1F)C2)NCC1CCOCC1. The topological polar surface area (TPSA) is 59.0 Å². The molecule has 4 rings (SSSR count). The second-order valence-corrected chi connectivity index (χ2v) is 8.05. The van der Waals surface area contributed by atoms with E-state index in [0.717, 1.165) is 43.9 Å². The van der Waals surface area contributed by atoms with Crippen molar-refractivity contribution >= 4 is 18.1 Å². The molecule has 0 radical (unpaired) electrons. The lowest BCUT2D eigenvalue weighted by Gasteiger charge is -2.22. The van der Waals surface area contributed by atoms with E-state index in [-0.39, 0.29) is 30.9 Å². The van der Waals surface area contributed by atoms with Crippen LogP contribution in [0.2, 0.25) is 0 Å². The third-order valence-corrected chi connectivity index (χ3v) is 6.10. The van der Waals surface area contributed by atoms with Gasteiger partial charge >= 0.3 is 0 Å². The molecule has 2 aromatic rings. The van der Waals surface area contributed by atoms with Crippen LogP contribution in [0, 0.1) is 28.1 Å². The fraction of sp³-hybridized carbons (Fsp3) is 0.500. The second kappa shape index (κ2) is 8.31. The molecule has 1 saturated heterocycles. The van der Waals surface area contributed by atoms with Crippen LogP contribution in [0.3, 0.4) is 0 Å². The van der Waals surface area contributed by atoms with Gasteiger partial charge in [0.05, 0.1) is 6.42 Å². The molecule has 29 heavy (non-hydrogen) atoms. The maximum absolute atomic E-state index is 14.2. The van der Waals surface area contributed by atoms with Gasteiger partial charge in [0, 0.05) is 49.2 Å². The molecular weight excluding hydrogens is 403 g/mol. The number of imidazole rings is 1. The van der Waals surface area contributed by atoms with Gasteiger partial charge in [0.15, 0.2) is 16.4 Å². The number of aromatic amines is 1. The van der Waals surface area contributed by atoms with Crippen LogP contribution in [0.5, 0.6) is 0 Å². The summed E-state index contributed by atoms with van der Waals surface area (Å²) in [7, 11) is 0. The smallest absolute Gasteiger partial charge is 0.226 e. The Morgan fingerprint density at radius 2 is 1.97 bits per heavy atom. The maximum Gasteiger partial charge on any atom is 0.226 e. The van der Waals surface area contributed by atoms with Crippen molar-refractivity contribution in [3.8, 4) is 0 Å². The van der Waals surface area contributed by atoms with E-state index < -0.39 is 23.4 Å². The number of carbonyl (C=O) groups excluding carboxylic acids is 1. The summed E-state index contributed by atoms with van der Waals surface area (Å²) in [6.07, 6.45) is 2.25. The number of nitrogens with zero attached hydrogens (tertiary/aromatic N) is 1. The van der Waals surface area contributed by atoms with Crippen LogP contribution >= 0.6 is 12.2 Å². The Morgan fingerprint density at radius 1 is 1.24 bits per heavy atom. The van der Waals surface area contributed by atoms with Crippen molar-refractivity contribution < 1.29 is 22.7 Å². The highest BCUT2D eigenvalue weighted by atomic mass is 32.1. The van der Waals surface area contributed by atoms with E-state index in [0.29, 0.717) is 22.9 Å². The van der Waals surface area contributed by atoms with Crippen molar-refractivity contribution in [1.82, 2.24) is 14.9 Å². The summed E-state index contributed by atoms with van der Waals surface area (Å²) in [5.41, 5.74) is 1.11. The van der Waals surface area contributed by atoms with Crippen LogP contribution in [0.15, 0.2) is 12.1 Å². The predicted octanol–water partition coefficient (Wildman–Crippen LogP) is 3.39. The quantitative estimate of drug-likeness (QED) is 0.570.